The number of aliphatic hydroxyl groups is 1. The van der Waals surface area contributed by atoms with Crippen LogP contribution in [0, 0.1) is 6.57 Å². The maximum atomic E-state index is 13.0. The van der Waals surface area contributed by atoms with Crippen LogP contribution in [0.1, 0.15) is 23.7 Å². The SMILES string of the molecule is [C-]#[N+]c1cccc(Cl)c1Oc1cc([C@H]2CC(=O)N(c3ccc4nc(CO)nc(N)c4c3)C2)ccc1Cl. The molecule has 0 radical (unpaired) electrons. The lowest BCUT2D eigenvalue weighted by atomic mass is 9.98. The van der Waals surface area contributed by atoms with Crippen molar-refractivity contribution >= 4 is 57.2 Å². The van der Waals surface area contributed by atoms with Crippen molar-refractivity contribution in [2.24, 2.45) is 0 Å². The Morgan fingerprint density at radius 3 is 2.75 bits per heavy atom. The summed E-state index contributed by atoms with van der Waals surface area (Å²) in [7, 11) is 0. The highest BCUT2D eigenvalue weighted by molar-refractivity contribution is 6.33. The van der Waals surface area contributed by atoms with Gasteiger partial charge in [-0.3, -0.25) is 4.79 Å². The Bertz CT molecular complexity index is 1550. The van der Waals surface area contributed by atoms with Crippen LogP contribution in [0.4, 0.5) is 17.2 Å². The van der Waals surface area contributed by atoms with Crippen molar-refractivity contribution in [2.75, 3.05) is 17.2 Å². The van der Waals surface area contributed by atoms with E-state index in [9.17, 15) is 9.90 Å². The van der Waals surface area contributed by atoms with Crippen molar-refractivity contribution in [1.82, 2.24) is 9.97 Å². The molecule has 1 amide bonds. The van der Waals surface area contributed by atoms with Crippen molar-refractivity contribution in [3.8, 4) is 11.5 Å². The summed E-state index contributed by atoms with van der Waals surface area (Å²) >= 11 is 12.6. The lowest BCUT2D eigenvalue weighted by molar-refractivity contribution is -0.117. The molecule has 2 heterocycles. The average molecular weight is 520 g/mol. The minimum absolute atomic E-state index is 0.0374. The number of fused-ring (bicyclic) bond motifs is 1. The highest BCUT2D eigenvalue weighted by Gasteiger charge is 2.32. The first kappa shape index (κ1) is 23.8. The highest BCUT2D eigenvalue weighted by Crippen LogP contribution is 2.42. The van der Waals surface area contributed by atoms with E-state index in [-0.39, 0.29) is 41.5 Å². The minimum Gasteiger partial charge on any atom is -0.465 e. The van der Waals surface area contributed by atoms with E-state index >= 15 is 0 Å². The highest BCUT2D eigenvalue weighted by atomic mass is 35.5. The van der Waals surface area contributed by atoms with Crippen molar-refractivity contribution in [3.05, 3.63) is 87.4 Å². The van der Waals surface area contributed by atoms with Crippen molar-refractivity contribution in [3.63, 3.8) is 0 Å². The van der Waals surface area contributed by atoms with Gasteiger partial charge in [0.05, 0.1) is 22.1 Å². The molecule has 3 aromatic carbocycles. The second-order valence-corrected chi connectivity index (χ2v) is 9.10. The fourth-order valence-corrected chi connectivity index (χ4v) is 4.62. The van der Waals surface area contributed by atoms with E-state index in [4.69, 9.17) is 40.2 Å². The van der Waals surface area contributed by atoms with Crippen LogP contribution in [0.25, 0.3) is 15.7 Å². The smallest absolute Gasteiger partial charge is 0.230 e. The minimum atomic E-state index is -0.309. The number of carbonyl (C=O) groups excluding carboxylic acids is 1. The molecule has 10 heteroatoms. The average Bonchev–Trinajstić information content (AvgIpc) is 3.27. The number of halogens is 2. The molecular formula is C26H19Cl2N5O3. The number of nitrogens with zero attached hydrogens (tertiary/aromatic N) is 4. The molecule has 1 aromatic heterocycles. The summed E-state index contributed by atoms with van der Waals surface area (Å²) < 4.78 is 5.96. The monoisotopic (exact) mass is 519 g/mol. The third-order valence-electron chi connectivity index (χ3n) is 6.04. The van der Waals surface area contributed by atoms with Crippen LogP contribution in [-0.2, 0) is 11.4 Å². The first-order chi connectivity index (χ1) is 17.4. The molecule has 8 nitrogen and oxygen atoms in total. The lowest BCUT2D eigenvalue weighted by Crippen LogP contribution is -2.24. The first-order valence-electron chi connectivity index (χ1n) is 11.0. The van der Waals surface area contributed by atoms with Crippen LogP contribution < -0.4 is 15.4 Å². The third kappa shape index (κ3) is 4.40. The number of anilines is 2. The summed E-state index contributed by atoms with van der Waals surface area (Å²) in [5, 5.41) is 10.6. The van der Waals surface area contributed by atoms with Crippen LogP contribution in [0.2, 0.25) is 10.0 Å². The number of ether oxygens (including phenoxy) is 1. The largest absolute Gasteiger partial charge is 0.465 e. The molecule has 0 spiro atoms. The Hall–Kier alpha value is -3.90. The number of carbonyl (C=O) groups is 1. The quantitative estimate of drug-likeness (QED) is 0.319. The van der Waals surface area contributed by atoms with E-state index in [0.29, 0.717) is 45.4 Å². The van der Waals surface area contributed by atoms with Gasteiger partial charge in [0, 0.05) is 30.0 Å². The third-order valence-corrected chi connectivity index (χ3v) is 6.65. The Kier molecular flexibility index (Phi) is 6.37. The molecule has 1 atom stereocenters. The maximum absolute atomic E-state index is 13.0. The molecule has 5 rings (SSSR count). The van der Waals surface area contributed by atoms with Gasteiger partial charge in [0.25, 0.3) is 0 Å². The fourth-order valence-electron chi connectivity index (χ4n) is 4.26. The van der Waals surface area contributed by atoms with Crippen LogP contribution in [0.5, 0.6) is 11.5 Å². The van der Waals surface area contributed by atoms with Crippen LogP contribution in [0.15, 0.2) is 54.6 Å². The molecule has 3 N–H and O–H groups in total. The number of hydrogen-bond donors (Lipinski definition) is 2. The summed E-state index contributed by atoms with van der Waals surface area (Å²) in [6, 6.07) is 15.6. The number of nitrogens with two attached hydrogens (primary N) is 1. The normalized spacial score (nSPS) is 15.3. The topological polar surface area (TPSA) is 106 Å². The molecule has 180 valence electrons. The number of nitrogen functional groups attached to an aromatic ring is 1. The number of amides is 1. The predicted molar refractivity (Wildman–Crippen MR) is 139 cm³/mol. The van der Waals surface area contributed by atoms with Gasteiger partial charge in [-0.1, -0.05) is 41.4 Å². The summed E-state index contributed by atoms with van der Waals surface area (Å²) in [6.07, 6.45) is 0.300. The number of rotatable bonds is 5. The molecule has 4 aromatic rings. The van der Waals surface area contributed by atoms with Crippen molar-refractivity contribution in [2.45, 2.75) is 18.9 Å². The van der Waals surface area contributed by atoms with Gasteiger partial charge >= 0.3 is 0 Å². The van der Waals surface area contributed by atoms with E-state index in [1.807, 2.05) is 6.07 Å². The van der Waals surface area contributed by atoms with Crippen molar-refractivity contribution in [1.29, 1.82) is 0 Å². The number of benzene rings is 3. The van der Waals surface area contributed by atoms with Crippen LogP contribution in [0.3, 0.4) is 0 Å². The molecule has 0 aliphatic carbocycles. The number of aromatic nitrogens is 2. The van der Waals surface area contributed by atoms with E-state index in [1.165, 1.54) is 0 Å². The van der Waals surface area contributed by atoms with Gasteiger partial charge in [-0.05, 0) is 42.0 Å². The van der Waals surface area contributed by atoms with Crippen molar-refractivity contribution < 1.29 is 14.6 Å². The van der Waals surface area contributed by atoms with E-state index in [2.05, 4.69) is 14.8 Å². The van der Waals surface area contributed by atoms with Gasteiger partial charge in [0.15, 0.2) is 11.6 Å². The van der Waals surface area contributed by atoms with Gasteiger partial charge in [-0.15, -0.1) is 0 Å². The standard InChI is InChI=1S/C26H19Cl2N5O3/c1-30-21-4-2-3-19(28)25(21)36-22-9-14(5-7-18(22)27)15-10-24(35)33(12-15)16-6-8-20-17(11-16)26(29)32-23(13-34)31-20/h2-9,11,15,34H,10,12-13H2,(H2,29,31,32)/t15-/m0/s1. The molecule has 1 aliphatic heterocycles. The number of para-hydroxylation sites is 1. The van der Waals surface area contributed by atoms with Gasteiger partial charge in [-0.25, -0.2) is 14.8 Å². The Morgan fingerprint density at radius 1 is 1.14 bits per heavy atom. The predicted octanol–water partition coefficient (Wildman–Crippen LogP) is 5.87. The molecule has 36 heavy (non-hydrogen) atoms. The molecule has 1 aliphatic rings. The molecule has 1 fully saturated rings. The van der Waals surface area contributed by atoms with E-state index in [1.54, 1.807) is 53.4 Å². The molecule has 1 saturated heterocycles. The maximum Gasteiger partial charge on any atom is 0.230 e. The number of hydrogen-bond acceptors (Lipinski definition) is 6. The molecule has 0 saturated carbocycles. The van der Waals surface area contributed by atoms with Gasteiger partial charge < -0.3 is 20.5 Å². The number of aliphatic hydroxyl groups excluding tert-OH is 1. The zero-order valence-electron chi connectivity index (χ0n) is 18.8. The Labute approximate surface area is 216 Å². The van der Waals surface area contributed by atoms with E-state index < -0.39 is 0 Å². The van der Waals surface area contributed by atoms with Crippen LogP contribution in [-0.4, -0.2) is 27.5 Å². The second kappa shape index (κ2) is 9.63. The summed E-state index contributed by atoms with van der Waals surface area (Å²) in [6.45, 7) is 7.51. The molecule has 0 unspecified atom stereocenters. The summed E-state index contributed by atoms with van der Waals surface area (Å²) in [4.78, 5) is 26.5. The van der Waals surface area contributed by atoms with Gasteiger partial charge in [0.1, 0.15) is 18.2 Å². The first-order valence-corrected chi connectivity index (χ1v) is 11.7. The van der Waals surface area contributed by atoms with Gasteiger partial charge in [0.2, 0.25) is 11.6 Å². The zero-order valence-corrected chi connectivity index (χ0v) is 20.3. The second-order valence-electron chi connectivity index (χ2n) is 8.28. The zero-order chi connectivity index (χ0) is 25.4. The summed E-state index contributed by atoms with van der Waals surface area (Å²) in [5.41, 5.74) is 8.49. The fraction of sp³-hybridized carbons (Fsp3) is 0.154. The van der Waals surface area contributed by atoms with Crippen LogP contribution >= 0.6 is 23.2 Å². The molecule has 0 bridgehead atoms. The lowest BCUT2D eigenvalue weighted by Gasteiger charge is -2.18. The molecular weight excluding hydrogens is 501 g/mol. The van der Waals surface area contributed by atoms with Gasteiger partial charge in [-0.2, -0.15) is 0 Å². The van der Waals surface area contributed by atoms with E-state index in [0.717, 1.165) is 5.56 Å². The Morgan fingerprint density at radius 2 is 1.97 bits per heavy atom. The summed E-state index contributed by atoms with van der Waals surface area (Å²) in [5.74, 6) is 0.929. The Balaban J connectivity index is 1.42.